The molecule has 0 spiro atoms. The zero-order valence-corrected chi connectivity index (χ0v) is 45.4. The fourth-order valence-electron chi connectivity index (χ4n) is 10.3. The van der Waals surface area contributed by atoms with Gasteiger partial charge in [-0.1, -0.05) is 141 Å². The van der Waals surface area contributed by atoms with Gasteiger partial charge in [-0.25, -0.2) is 4.79 Å². The SMILES string of the molecule is CCC[C@@]1(CCc2ccccc2)CC(O)=C(Cc2cccc(NCc3ccc(C(F)(F)F)cn3)c2)C(=O)O1.Nc1cccc(CO[C@@H]2[C@H](O)[C@@H](O)[C@@H](OCc3cccc(N)c3)[C@@H](Cc3ccccc3)S(=O)[C@@H]2Cc2ccccc2)c1. The van der Waals surface area contributed by atoms with Crippen LogP contribution in [0, 0.1) is 0 Å². The molecule has 1 fully saturated rings. The molecule has 0 saturated carbocycles. The van der Waals surface area contributed by atoms with E-state index in [2.05, 4.69) is 10.3 Å². The number of aliphatic hydroxyl groups excluding tert-OH is 3. The highest BCUT2D eigenvalue weighted by Crippen LogP contribution is 2.38. The Morgan fingerprint density at radius 3 is 1.68 bits per heavy atom. The normalized spacial score (nSPS) is 22.1. The summed E-state index contributed by atoms with van der Waals surface area (Å²) in [4.78, 5) is 16.9. The number of alkyl halides is 3. The molecule has 7 aromatic rings. The Hall–Kier alpha value is -7.34. The van der Waals surface area contributed by atoms with Crippen LogP contribution < -0.4 is 16.8 Å². The van der Waals surface area contributed by atoms with Crippen LogP contribution in [-0.4, -0.2) is 71.0 Å². The number of hydrogen-bond acceptors (Lipinski definition) is 12. The van der Waals surface area contributed by atoms with Gasteiger partial charge in [-0.2, -0.15) is 13.2 Å². The number of cyclic esters (lactones) is 1. The molecule has 9 rings (SSSR count). The molecule has 12 nitrogen and oxygen atoms in total. The van der Waals surface area contributed by atoms with Crippen LogP contribution in [0.3, 0.4) is 0 Å². The molecule has 3 heterocycles. The van der Waals surface area contributed by atoms with Crippen LogP contribution in [0.4, 0.5) is 30.2 Å². The number of rotatable bonds is 20. The molecular formula is C64H69F3N4O8S. The second-order valence-electron chi connectivity index (χ2n) is 20.5. The van der Waals surface area contributed by atoms with E-state index in [9.17, 15) is 37.5 Å². The summed E-state index contributed by atoms with van der Waals surface area (Å²) in [5, 5.41) is 36.2. The fraction of sp³-hybridized carbons (Fsp3) is 0.312. The fourth-order valence-corrected chi connectivity index (χ4v) is 12.5. The summed E-state index contributed by atoms with van der Waals surface area (Å²) in [6.45, 7) is 2.55. The number of nitrogens with two attached hydrogens (primary N) is 2. The van der Waals surface area contributed by atoms with Crippen molar-refractivity contribution < 1.29 is 51.7 Å². The summed E-state index contributed by atoms with van der Waals surface area (Å²) in [6.07, 6.45) is -4.02. The highest BCUT2D eigenvalue weighted by atomic mass is 32.2. The maximum atomic E-state index is 14.7. The van der Waals surface area contributed by atoms with E-state index in [1.165, 1.54) is 6.07 Å². The second kappa shape index (κ2) is 27.7. The maximum Gasteiger partial charge on any atom is 0.417 e. The molecule has 420 valence electrons. The standard InChI is InChI=1S/C34H38N2O5S.C30H31F3N2O3/c35-27-15-7-13-25(17-27)21-40-33-29(19-23-9-3-1-4-10-23)42(39)30(20-24-11-5-2-6-12-24)34(32(38)31(33)37)41-22-26-14-8-16-28(36)18-26;1-2-14-29(15-13-21-7-4-3-5-8-21)18-27(36)26(28(37)38-29)17-22-9-6-10-24(16-22)35-20-25-12-11-23(19-34-25)30(31,32)33/h1-18,29-34,37-38H,19-22,35-36H2;3-12,16,19,35-36H,2,13-15,17-18,20H2,1H3/t29-,30-,31-,32-,33+,34+;29-/m11/s1. The number of anilines is 3. The molecule has 7 atom stereocenters. The van der Waals surface area contributed by atoms with Crippen LogP contribution in [-0.2, 0) is 81.4 Å². The lowest BCUT2D eigenvalue weighted by molar-refractivity contribution is -0.161. The number of nitrogens with zero attached hydrogens (tertiary/aromatic N) is 1. The van der Waals surface area contributed by atoms with Crippen LogP contribution in [0.15, 0.2) is 193 Å². The van der Waals surface area contributed by atoms with Gasteiger partial charge in [0.1, 0.15) is 35.8 Å². The van der Waals surface area contributed by atoms with E-state index in [-0.39, 0.29) is 43.9 Å². The average Bonchev–Trinajstić information content (AvgIpc) is 3.51. The molecule has 80 heavy (non-hydrogen) atoms. The van der Waals surface area contributed by atoms with Gasteiger partial charge >= 0.3 is 12.1 Å². The number of aliphatic hydroxyl groups is 3. The van der Waals surface area contributed by atoms with Crippen LogP contribution in [0.2, 0.25) is 0 Å². The number of aromatic nitrogens is 1. The summed E-state index contributed by atoms with van der Waals surface area (Å²) in [7, 11) is -1.58. The van der Waals surface area contributed by atoms with E-state index >= 15 is 0 Å². The lowest BCUT2D eigenvalue weighted by Crippen LogP contribution is -2.49. The smallest absolute Gasteiger partial charge is 0.417 e. The summed E-state index contributed by atoms with van der Waals surface area (Å²) < 4.78 is 71.6. The highest BCUT2D eigenvalue weighted by molar-refractivity contribution is 7.86. The van der Waals surface area contributed by atoms with E-state index in [4.69, 9.17) is 25.7 Å². The van der Waals surface area contributed by atoms with E-state index in [1.54, 1.807) is 24.3 Å². The number of esters is 1. The van der Waals surface area contributed by atoms with Gasteiger partial charge in [-0.05, 0) is 114 Å². The molecule has 1 aromatic heterocycles. The predicted octanol–water partition coefficient (Wildman–Crippen LogP) is 11.2. The minimum atomic E-state index is -4.42. The number of pyridine rings is 1. The molecule has 0 radical (unpaired) electrons. The van der Waals surface area contributed by atoms with E-state index in [0.29, 0.717) is 42.8 Å². The number of ether oxygens (including phenoxy) is 3. The summed E-state index contributed by atoms with van der Waals surface area (Å²) in [6, 6.07) is 53.7. The number of carbonyl (C=O) groups is 1. The van der Waals surface area contributed by atoms with Gasteiger partial charge in [0.2, 0.25) is 0 Å². The molecule has 2 aliphatic heterocycles. The zero-order chi connectivity index (χ0) is 56.7. The topological polar surface area (TPSA) is 199 Å². The Bertz CT molecular complexity index is 3050. The first-order valence-electron chi connectivity index (χ1n) is 26.8. The maximum absolute atomic E-state index is 14.7. The first kappa shape index (κ1) is 58.8. The molecule has 0 amide bonds. The third kappa shape index (κ3) is 16.2. The quantitative estimate of drug-likeness (QED) is 0.0312. The molecule has 16 heteroatoms. The van der Waals surface area contributed by atoms with Crippen LogP contribution in [0.25, 0.3) is 0 Å². The Kier molecular flexibility index (Phi) is 20.4. The second-order valence-corrected chi connectivity index (χ2v) is 22.4. The highest BCUT2D eigenvalue weighted by Gasteiger charge is 2.50. The van der Waals surface area contributed by atoms with Crippen molar-refractivity contribution in [2.75, 3.05) is 16.8 Å². The molecule has 1 saturated heterocycles. The predicted molar refractivity (Wildman–Crippen MR) is 306 cm³/mol. The molecule has 6 aromatic carbocycles. The first-order chi connectivity index (χ1) is 38.6. The third-order valence-electron chi connectivity index (χ3n) is 14.4. The van der Waals surface area contributed by atoms with E-state index in [0.717, 1.165) is 64.2 Å². The van der Waals surface area contributed by atoms with Gasteiger partial charge in [0.25, 0.3) is 0 Å². The van der Waals surface area contributed by atoms with Gasteiger partial charge in [0.15, 0.2) is 0 Å². The van der Waals surface area contributed by atoms with Gasteiger partial charge in [0.05, 0.1) is 47.1 Å². The Morgan fingerprint density at radius 2 is 1.19 bits per heavy atom. The minimum Gasteiger partial charge on any atom is -0.512 e. The van der Waals surface area contributed by atoms with Gasteiger partial charge < -0.3 is 46.3 Å². The van der Waals surface area contributed by atoms with Gasteiger partial charge in [-0.3, -0.25) is 9.19 Å². The van der Waals surface area contributed by atoms with Crippen molar-refractivity contribution in [1.82, 2.24) is 4.98 Å². The monoisotopic (exact) mass is 1110 g/mol. The third-order valence-corrected chi connectivity index (χ3v) is 16.5. The lowest BCUT2D eigenvalue weighted by atomic mass is 9.83. The number of aryl methyl sites for hydroxylation is 1. The molecule has 0 bridgehead atoms. The van der Waals surface area contributed by atoms with E-state index < -0.39 is 69.0 Å². The number of hydrogen-bond donors (Lipinski definition) is 6. The van der Waals surface area contributed by atoms with Crippen molar-refractivity contribution in [3.05, 3.63) is 238 Å². The van der Waals surface area contributed by atoms with Crippen molar-refractivity contribution >= 4 is 33.8 Å². The summed E-state index contributed by atoms with van der Waals surface area (Å²) in [5.74, 6) is -0.433. The van der Waals surface area contributed by atoms with E-state index in [1.807, 2.05) is 146 Å². The van der Waals surface area contributed by atoms with Crippen molar-refractivity contribution in [3.63, 3.8) is 0 Å². The van der Waals surface area contributed by atoms with Gasteiger partial charge in [-0.15, -0.1) is 0 Å². The van der Waals surface area contributed by atoms with Crippen LogP contribution in [0.1, 0.15) is 77.2 Å². The Balaban J connectivity index is 0.000000211. The summed E-state index contributed by atoms with van der Waals surface area (Å²) >= 11 is 0. The Labute approximate surface area is 468 Å². The van der Waals surface area contributed by atoms with Gasteiger partial charge in [0, 0.05) is 46.9 Å². The Morgan fingerprint density at radius 1 is 0.675 bits per heavy atom. The largest absolute Gasteiger partial charge is 0.512 e. The molecule has 0 aliphatic carbocycles. The molecule has 2 aliphatic rings. The van der Waals surface area contributed by atoms with Crippen molar-refractivity contribution in [3.8, 4) is 0 Å². The number of nitrogen functional groups attached to an aromatic ring is 2. The molecule has 0 unspecified atom stereocenters. The van der Waals surface area contributed by atoms with Crippen LogP contribution in [0.5, 0.6) is 0 Å². The molecule has 8 N–H and O–H groups in total. The number of nitrogens with one attached hydrogen (secondary N) is 1. The number of halogens is 3. The minimum absolute atomic E-state index is 0.0649. The molecular weight excluding hydrogens is 1040 g/mol. The van der Waals surface area contributed by atoms with Crippen molar-refractivity contribution in [2.24, 2.45) is 0 Å². The summed E-state index contributed by atoms with van der Waals surface area (Å²) in [5.41, 5.74) is 18.6. The first-order valence-corrected chi connectivity index (χ1v) is 28.1. The lowest BCUT2D eigenvalue weighted by Gasteiger charge is -2.37. The number of carbonyl (C=O) groups excluding carboxylic acids is 1. The number of benzene rings is 6. The van der Waals surface area contributed by atoms with Crippen LogP contribution >= 0.6 is 0 Å². The van der Waals surface area contributed by atoms with Crippen molar-refractivity contribution in [2.45, 2.75) is 125 Å². The average molecular weight is 1110 g/mol. The van der Waals surface area contributed by atoms with Crippen molar-refractivity contribution in [1.29, 1.82) is 0 Å². The zero-order valence-electron chi connectivity index (χ0n) is 44.6.